The number of hydrogen-bond donors (Lipinski definition) is 0. The average molecular weight is 392 g/mol. The molecular weight excluding hydrogens is 366 g/mol. The molecule has 1 fully saturated rings. The second-order valence-corrected chi connectivity index (χ2v) is 6.45. The second kappa shape index (κ2) is 9.74. The summed E-state index contributed by atoms with van der Waals surface area (Å²) in [5, 5.41) is 0.940. The quantitative estimate of drug-likeness (QED) is 0.532. The number of morpholine rings is 1. The van der Waals surface area contributed by atoms with Crippen LogP contribution in [0.2, 0.25) is 0 Å². The minimum Gasteiger partial charge on any atom is -0.489 e. The molecule has 0 spiro atoms. The SMILES string of the molecule is C=CCOc1c(CN2CCOCC2)cc2c(C)cc(=O)oc2c1CC=C.Cl. The molecule has 27 heavy (non-hydrogen) atoms. The van der Waals surface area contributed by atoms with Crippen LogP contribution in [0.3, 0.4) is 0 Å². The van der Waals surface area contributed by atoms with Crippen molar-refractivity contribution >= 4 is 23.4 Å². The lowest BCUT2D eigenvalue weighted by atomic mass is 9.99. The lowest BCUT2D eigenvalue weighted by Gasteiger charge is -2.28. The van der Waals surface area contributed by atoms with Gasteiger partial charge in [-0.2, -0.15) is 0 Å². The molecule has 0 aliphatic carbocycles. The van der Waals surface area contributed by atoms with Crippen LogP contribution in [0.4, 0.5) is 0 Å². The summed E-state index contributed by atoms with van der Waals surface area (Å²) in [7, 11) is 0. The van der Waals surface area contributed by atoms with Crippen molar-refractivity contribution in [2.75, 3.05) is 32.9 Å². The number of ether oxygens (including phenoxy) is 2. The molecule has 0 N–H and O–H groups in total. The van der Waals surface area contributed by atoms with Crippen molar-refractivity contribution in [3.63, 3.8) is 0 Å². The van der Waals surface area contributed by atoms with E-state index >= 15 is 0 Å². The maximum Gasteiger partial charge on any atom is 0.336 e. The molecule has 146 valence electrons. The van der Waals surface area contributed by atoms with E-state index in [0.717, 1.165) is 60.7 Å². The first kappa shape index (κ1) is 21.2. The zero-order chi connectivity index (χ0) is 18.5. The fraction of sp³-hybridized carbons (Fsp3) is 0.381. The highest BCUT2D eigenvalue weighted by atomic mass is 35.5. The maximum absolute atomic E-state index is 11.9. The number of aryl methyl sites for hydroxylation is 1. The standard InChI is InChI=1S/C21H25NO4.ClH/c1-4-6-17-20(25-9-5-2)16(14-22-7-10-24-11-8-22)13-18-15(3)12-19(23)26-21(17)18;/h4-5,12-13H,1-2,6-11,14H2,3H3;1H. The van der Waals surface area contributed by atoms with E-state index in [1.54, 1.807) is 12.2 Å². The minimum absolute atomic E-state index is 0. The fourth-order valence-corrected chi connectivity index (χ4v) is 3.33. The molecular formula is C21H26ClNO4. The van der Waals surface area contributed by atoms with Crippen LogP contribution in [0.15, 0.2) is 46.7 Å². The normalized spacial score (nSPS) is 14.6. The molecule has 1 saturated heterocycles. The van der Waals surface area contributed by atoms with Crippen LogP contribution in [0.1, 0.15) is 16.7 Å². The Hall–Kier alpha value is -2.08. The topological polar surface area (TPSA) is 51.9 Å². The van der Waals surface area contributed by atoms with Gasteiger partial charge in [-0.3, -0.25) is 4.90 Å². The number of rotatable bonds is 7. The largest absolute Gasteiger partial charge is 0.489 e. The van der Waals surface area contributed by atoms with Crippen molar-refractivity contribution in [3.05, 3.63) is 64.6 Å². The summed E-state index contributed by atoms with van der Waals surface area (Å²) in [6.45, 7) is 13.9. The van der Waals surface area contributed by atoms with E-state index in [1.165, 1.54) is 6.07 Å². The molecule has 0 atom stereocenters. The highest BCUT2D eigenvalue weighted by Gasteiger charge is 2.20. The van der Waals surface area contributed by atoms with Crippen molar-refractivity contribution < 1.29 is 13.9 Å². The van der Waals surface area contributed by atoms with E-state index in [2.05, 4.69) is 24.1 Å². The number of allylic oxidation sites excluding steroid dienone is 1. The monoisotopic (exact) mass is 391 g/mol. The molecule has 5 nitrogen and oxygen atoms in total. The summed E-state index contributed by atoms with van der Waals surface area (Å²) >= 11 is 0. The van der Waals surface area contributed by atoms with Crippen LogP contribution in [0, 0.1) is 6.92 Å². The van der Waals surface area contributed by atoms with Crippen LogP contribution in [-0.2, 0) is 17.7 Å². The van der Waals surface area contributed by atoms with Gasteiger partial charge in [0.2, 0.25) is 0 Å². The van der Waals surface area contributed by atoms with Gasteiger partial charge in [0, 0.05) is 42.2 Å². The maximum atomic E-state index is 11.9. The van der Waals surface area contributed by atoms with Crippen LogP contribution in [0.25, 0.3) is 11.0 Å². The van der Waals surface area contributed by atoms with Crippen molar-refractivity contribution in [2.24, 2.45) is 0 Å². The van der Waals surface area contributed by atoms with E-state index in [-0.39, 0.29) is 18.0 Å². The molecule has 1 aliphatic heterocycles. The van der Waals surface area contributed by atoms with Gasteiger partial charge < -0.3 is 13.9 Å². The Balaban J connectivity index is 0.00000261. The second-order valence-electron chi connectivity index (χ2n) is 6.45. The van der Waals surface area contributed by atoms with Crippen molar-refractivity contribution in [1.82, 2.24) is 4.90 Å². The Morgan fingerprint density at radius 3 is 2.63 bits per heavy atom. The van der Waals surface area contributed by atoms with Crippen molar-refractivity contribution in [2.45, 2.75) is 19.9 Å². The molecule has 0 saturated carbocycles. The van der Waals surface area contributed by atoms with Gasteiger partial charge in [0.15, 0.2) is 0 Å². The van der Waals surface area contributed by atoms with Crippen LogP contribution < -0.4 is 10.4 Å². The van der Waals surface area contributed by atoms with Gasteiger partial charge in [0.05, 0.1) is 13.2 Å². The molecule has 1 aromatic heterocycles. The predicted octanol–water partition coefficient (Wildman–Crippen LogP) is 3.65. The molecule has 0 bridgehead atoms. The number of benzene rings is 1. The summed E-state index contributed by atoms with van der Waals surface area (Å²) < 4.78 is 17.0. The Labute approximate surface area is 165 Å². The Bertz CT molecular complexity index is 869. The minimum atomic E-state index is -0.351. The zero-order valence-corrected chi connectivity index (χ0v) is 16.5. The Morgan fingerprint density at radius 1 is 1.22 bits per heavy atom. The zero-order valence-electron chi connectivity index (χ0n) is 15.7. The summed E-state index contributed by atoms with van der Waals surface area (Å²) in [6, 6.07) is 3.61. The fourth-order valence-electron chi connectivity index (χ4n) is 3.33. The Morgan fingerprint density at radius 2 is 1.96 bits per heavy atom. The molecule has 6 heteroatoms. The summed E-state index contributed by atoms with van der Waals surface area (Å²) in [5.74, 6) is 0.762. The molecule has 0 amide bonds. The van der Waals surface area contributed by atoms with Gasteiger partial charge in [0.25, 0.3) is 0 Å². The predicted molar refractivity (Wildman–Crippen MR) is 110 cm³/mol. The van der Waals surface area contributed by atoms with Crippen LogP contribution >= 0.6 is 12.4 Å². The van der Waals surface area contributed by atoms with E-state index < -0.39 is 0 Å². The first-order valence-corrected chi connectivity index (χ1v) is 8.88. The molecule has 2 heterocycles. The van der Waals surface area contributed by atoms with Gasteiger partial charge >= 0.3 is 5.63 Å². The molecule has 3 rings (SSSR count). The average Bonchev–Trinajstić information content (AvgIpc) is 2.63. The lowest BCUT2D eigenvalue weighted by Crippen LogP contribution is -2.35. The third-order valence-corrected chi connectivity index (χ3v) is 4.56. The smallest absolute Gasteiger partial charge is 0.336 e. The molecule has 0 unspecified atom stereocenters. The summed E-state index contributed by atoms with van der Waals surface area (Å²) in [6.07, 6.45) is 4.08. The van der Waals surface area contributed by atoms with Gasteiger partial charge in [-0.1, -0.05) is 18.7 Å². The van der Waals surface area contributed by atoms with E-state index in [4.69, 9.17) is 13.9 Å². The van der Waals surface area contributed by atoms with Gasteiger partial charge in [-0.05, 0) is 25.0 Å². The van der Waals surface area contributed by atoms with E-state index in [0.29, 0.717) is 18.6 Å². The molecule has 0 radical (unpaired) electrons. The highest BCUT2D eigenvalue weighted by Crippen LogP contribution is 2.35. The molecule has 1 aromatic carbocycles. The number of nitrogens with zero attached hydrogens (tertiary/aromatic N) is 1. The molecule has 1 aliphatic rings. The highest BCUT2D eigenvalue weighted by molar-refractivity contribution is 5.86. The number of fused-ring (bicyclic) bond motifs is 1. The van der Waals surface area contributed by atoms with Crippen LogP contribution in [0.5, 0.6) is 5.75 Å². The first-order valence-electron chi connectivity index (χ1n) is 8.88. The van der Waals surface area contributed by atoms with Crippen molar-refractivity contribution in [3.8, 4) is 5.75 Å². The van der Waals surface area contributed by atoms with Crippen LogP contribution in [-0.4, -0.2) is 37.8 Å². The number of hydrogen-bond acceptors (Lipinski definition) is 5. The van der Waals surface area contributed by atoms with Crippen molar-refractivity contribution in [1.29, 1.82) is 0 Å². The lowest BCUT2D eigenvalue weighted by molar-refractivity contribution is 0.0338. The molecule has 2 aromatic rings. The summed E-state index contributed by atoms with van der Waals surface area (Å²) in [5.41, 5.74) is 3.08. The van der Waals surface area contributed by atoms with Gasteiger partial charge in [0.1, 0.15) is 17.9 Å². The van der Waals surface area contributed by atoms with E-state index in [9.17, 15) is 4.79 Å². The van der Waals surface area contributed by atoms with Gasteiger partial charge in [-0.25, -0.2) is 4.79 Å². The van der Waals surface area contributed by atoms with Gasteiger partial charge in [-0.15, -0.1) is 19.0 Å². The Kier molecular flexibility index (Phi) is 7.66. The van der Waals surface area contributed by atoms with E-state index in [1.807, 2.05) is 6.92 Å². The third-order valence-electron chi connectivity index (χ3n) is 4.56. The third kappa shape index (κ3) is 4.80. The number of halogens is 1. The first-order chi connectivity index (χ1) is 12.6. The summed E-state index contributed by atoms with van der Waals surface area (Å²) in [4.78, 5) is 14.3.